The first-order valence-corrected chi connectivity index (χ1v) is 7.85. The van der Waals surface area contributed by atoms with Crippen LogP contribution in [-0.4, -0.2) is 19.0 Å². The summed E-state index contributed by atoms with van der Waals surface area (Å²) in [5, 5.41) is 6.69. The summed E-state index contributed by atoms with van der Waals surface area (Å²) in [4.78, 5) is 12.3. The molecule has 0 saturated carbocycles. The molecule has 116 valence electrons. The molecule has 0 saturated heterocycles. The number of amides is 1. The van der Waals surface area contributed by atoms with Gasteiger partial charge in [0.15, 0.2) is 0 Å². The Morgan fingerprint density at radius 2 is 1.86 bits per heavy atom. The lowest BCUT2D eigenvalue weighted by molar-refractivity contribution is 0.0955. The van der Waals surface area contributed by atoms with Crippen molar-refractivity contribution in [3.63, 3.8) is 0 Å². The van der Waals surface area contributed by atoms with E-state index in [-0.39, 0.29) is 5.91 Å². The molecule has 0 aliphatic rings. The van der Waals surface area contributed by atoms with Gasteiger partial charge in [-0.15, -0.1) is 0 Å². The Morgan fingerprint density at radius 3 is 2.55 bits per heavy atom. The molecule has 0 aliphatic carbocycles. The molecule has 0 spiro atoms. The maximum Gasteiger partial charge on any atom is 0.253 e. The molecule has 22 heavy (non-hydrogen) atoms. The van der Waals surface area contributed by atoms with E-state index in [1.54, 1.807) is 12.1 Å². The van der Waals surface area contributed by atoms with Crippen molar-refractivity contribution in [2.45, 2.75) is 20.3 Å². The van der Waals surface area contributed by atoms with E-state index in [1.807, 2.05) is 13.0 Å². The van der Waals surface area contributed by atoms with Crippen LogP contribution in [-0.2, 0) is 6.42 Å². The highest BCUT2D eigenvalue weighted by Gasteiger charge is 2.11. The standard InChI is InChI=1S/C18H21ClN2O/c1-3-20-17-9-8-15(19)12-16(17)18(22)21-11-10-14-6-4-13(2)5-7-14/h4-9,12,20H,3,10-11H2,1-2H3,(H,21,22). The zero-order valence-electron chi connectivity index (χ0n) is 12.9. The fraction of sp³-hybridized carbons (Fsp3) is 0.278. The van der Waals surface area contributed by atoms with E-state index in [2.05, 4.69) is 41.8 Å². The van der Waals surface area contributed by atoms with Crippen molar-refractivity contribution < 1.29 is 4.79 Å². The molecule has 2 N–H and O–H groups in total. The van der Waals surface area contributed by atoms with E-state index in [0.717, 1.165) is 18.7 Å². The molecular formula is C18H21ClN2O. The summed E-state index contributed by atoms with van der Waals surface area (Å²) in [6, 6.07) is 13.6. The van der Waals surface area contributed by atoms with Crippen LogP contribution in [0, 0.1) is 6.92 Å². The first-order valence-electron chi connectivity index (χ1n) is 7.47. The quantitative estimate of drug-likeness (QED) is 0.844. The van der Waals surface area contributed by atoms with Gasteiger partial charge in [-0.3, -0.25) is 4.79 Å². The van der Waals surface area contributed by atoms with Gasteiger partial charge < -0.3 is 10.6 Å². The Bertz CT molecular complexity index is 638. The molecule has 0 aliphatic heterocycles. The molecule has 1 amide bonds. The topological polar surface area (TPSA) is 41.1 Å². The molecule has 0 heterocycles. The molecule has 2 aromatic rings. The highest BCUT2D eigenvalue weighted by molar-refractivity contribution is 6.31. The maximum absolute atomic E-state index is 12.3. The van der Waals surface area contributed by atoms with E-state index >= 15 is 0 Å². The summed E-state index contributed by atoms with van der Waals surface area (Å²) in [7, 11) is 0. The first kappa shape index (κ1) is 16.4. The molecule has 0 fully saturated rings. The van der Waals surface area contributed by atoms with Crippen LogP contribution in [0.1, 0.15) is 28.4 Å². The first-order chi connectivity index (χ1) is 10.6. The van der Waals surface area contributed by atoms with Gasteiger partial charge in [-0.1, -0.05) is 41.4 Å². The van der Waals surface area contributed by atoms with E-state index in [0.29, 0.717) is 17.1 Å². The third kappa shape index (κ3) is 4.50. The minimum atomic E-state index is -0.106. The van der Waals surface area contributed by atoms with E-state index < -0.39 is 0 Å². The smallest absolute Gasteiger partial charge is 0.253 e. The summed E-state index contributed by atoms with van der Waals surface area (Å²) < 4.78 is 0. The van der Waals surface area contributed by atoms with Gasteiger partial charge >= 0.3 is 0 Å². The Balaban J connectivity index is 1.97. The predicted octanol–water partition coefficient (Wildman–Crippen LogP) is 4.05. The molecule has 0 aromatic heterocycles. The van der Waals surface area contributed by atoms with Gasteiger partial charge in [-0.25, -0.2) is 0 Å². The number of nitrogens with one attached hydrogen (secondary N) is 2. The minimum absolute atomic E-state index is 0.106. The van der Waals surface area contributed by atoms with Crippen LogP contribution in [0.15, 0.2) is 42.5 Å². The van der Waals surface area contributed by atoms with Crippen LogP contribution in [0.25, 0.3) is 0 Å². The summed E-state index contributed by atoms with van der Waals surface area (Å²) in [5.74, 6) is -0.106. The fourth-order valence-corrected chi connectivity index (χ4v) is 2.39. The Kier molecular flexibility index (Phi) is 5.84. The van der Waals surface area contributed by atoms with Crippen LogP contribution in [0.2, 0.25) is 5.02 Å². The maximum atomic E-state index is 12.3. The van der Waals surface area contributed by atoms with Crippen molar-refractivity contribution in [3.8, 4) is 0 Å². The highest BCUT2D eigenvalue weighted by atomic mass is 35.5. The molecule has 0 unspecified atom stereocenters. The van der Waals surface area contributed by atoms with Crippen LogP contribution < -0.4 is 10.6 Å². The summed E-state index contributed by atoms with van der Waals surface area (Å²) in [5.41, 5.74) is 3.84. The summed E-state index contributed by atoms with van der Waals surface area (Å²) >= 11 is 6.00. The third-order valence-electron chi connectivity index (χ3n) is 3.41. The number of halogens is 1. The van der Waals surface area contributed by atoms with E-state index in [4.69, 9.17) is 11.6 Å². The van der Waals surface area contributed by atoms with Gasteiger partial charge in [-0.05, 0) is 44.0 Å². The largest absolute Gasteiger partial charge is 0.385 e. The van der Waals surface area contributed by atoms with Gasteiger partial charge in [0.1, 0.15) is 0 Å². The normalized spacial score (nSPS) is 10.3. The van der Waals surface area contributed by atoms with Crippen molar-refractivity contribution in [2.24, 2.45) is 0 Å². The number of hydrogen-bond acceptors (Lipinski definition) is 2. The third-order valence-corrected chi connectivity index (χ3v) is 3.65. The van der Waals surface area contributed by atoms with Gasteiger partial charge in [0, 0.05) is 23.8 Å². The zero-order valence-corrected chi connectivity index (χ0v) is 13.7. The number of carbonyl (C=O) groups is 1. The SMILES string of the molecule is CCNc1ccc(Cl)cc1C(=O)NCCc1ccc(C)cc1. The summed E-state index contributed by atoms with van der Waals surface area (Å²) in [6.07, 6.45) is 0.809. The number of hydrogen-bond donors (Lipinski definition) is 2. The molecule has 4 heteroatoms. The van der Waals surface area contributed by atoms with Gasteiger partial charge in [0.25, 0.3) is 5.91 Å². The number of aryl methyl sites for hydroxylation is 1. The van der Waals surface area contributed by atoms with Gasteiger partial charge in [-0.2, -0.15) is 0 Å². The van der Waals surface area contributed by atoms with Crippen LogP contribution in [0.5, 0.6) is 0 Å². The minimum Gasteiger partial charge on any atom is -0.385 e. The Morgan fingerprint density at radius 1 is 1.14 bits per heavy atom. The molecule has 0 radical (unpaired) electrons. The average Bonchev–Trinajstić information content (AvgIpc) is 2.51. The van der Waals surface area contributed by atoms with Crippen molar-refractivity contribution in [1.29, 1.82) is 0 Å². The number of anilines is 1. The molecule has 2 aromatic carbocycles. The average molecular weight is 317 g/mol. The second-order valence-corrected chi connectivity index (χ2v) is 5.65. The lowest BCUT2D eigenvalue weighted by Crippen LogP contribution is -2.26. The van der Waals surface area contributed by atoms with Gasteiger partial charge in [0.05, 0.1) is 5.56 Å². The zero-order chi connectivity index (χ0) is 15.9. The lowest BCUT2D eigenvalue weighted by atomic mass is 10.1. The number of carbonyl (C=O) groups excluding carboxylic acids is 1. The van der Waals surface area contributed by atoms with Gasteiger partial charge in [0.2, 0.25) is 0 Å². The molecular weight excluding hydrogens is 296 g/mol. The predicted molar refractivity (Wildman–Crippen MR) is 92.8 cm³/mol. The molecule has 0 bridgehead atoms. The number of rotatable bonds is 6. The molecule has 3 nitrogen and oxygen atoms in total. The number of benzene rings is 2. The van der Waals surface area contributed by atoms with E-state index in [9.17, 15) is 4.79 Å². The van der Waals surface area contributed by atoms with Crippen LogP contribution in [0.3, 0.4) is 0 Å². The second kappa shape index (κ2) is 7.85. The van der Waals surface area contributed by atoms with E-state index in [1.165, 1.54) is 11.1 Å². The monoisotopic (exact) mass is 316 g/mol. The van der Waals surface area contributed by atoms with Crippen molar-refractivity contribution in [2.75, 3.05) is 18.4 Å². The van der Waals surface area contributed by atoms with Crippen LogP contribution >= 0.6 is 11.6 Å². The lowest BCUT2D eigenvalue weighted by Gasteiger charge is -2.11. The highest BCUT2D eigenvalue weighted by Crippen LogP contribution is 2.20. The molecule has 2 rings (SSSR count). The second-order valence-electron chi connectivity index (χ2n) is 5.21. The Hall–Kier alpha value is -2.00. The fourth-order valence-electron chi connectivity index (χ4n) is 2.22. The van der Waals surface area contributed by atoms with Crippen molar-refractivity contribution in [3.05, 3.63) is 64.2 Å². The molecule has 0 atom stereocenters. The van der Waals surface area contributed by atoms with Crippen molar-refractivity contribution >= 4 is 23.2 Å². The van der Waals surface area contributed by atoms with Crippen molar-refractivity contribution in [1.82, 2.24) is 5.32 Å². The summed E-state index contributed by atoms with van der Waals surface area (Å²) in [6.45, 7) is 5.41. The Labute approximate surface area is 136 Å². The van der Waals surface area contributed by atoms with Crippen LogP contribution in [0.4, 0.5) is 5.69 Å².